The van der Waals surface area contributed by atoms with E-state index in [9.17, 15) is 9.59 Å². The monoisotopic (exact) mass is 409 g/mol. The fourth-order valence-electron chi connectivity index (χ4n) is 3.78. The van der Waals surface area contributed by atoms with Gasteiger partial charge in [-0.1, -0.05) is 42.0 Å². The second-order valence-corrected chi connectivity index (χ2v) is 7.68. The molecule has 3 aromatic rings. The molecule has 7 nitrogen and oxygen atoms in total. The van der Waals surface area contributed by atoms with Crippen molar-refractivity contribution in [1.82, 2.24) is 14.8 Å². The van der Waals surface area contributed by atoms with Gasteiger partial charge in [0.2, 0.25) is 5.91 Å². The van der Waals surface area contributed by atoms with Gasteiger partial charge in [0.25, 0.3) is 0 Å². The lowest BCUT2D eigenvalue weighted by Gasteiger charge is -2.31. The van der Waals surface area contributed by atoms with Crippen LogP contribution in [0.2, 0.25) is 0 Å². The summed E-state index contributed by atoms with van der Waals surface area (Å²) in [7, 11) is 0. The summed E-state index contributed by atoms with van der Waals surface area (Å²) >= 11 is 0. The molecule has 0 bridgehead atoms. The van der Waals surface area contributed by atoms with E-state index in [0.717, 1.165) is 25.2 Å². The number of amides is 1. The van der Waals surface area contributed by atoms with Crippen LogP contribution in [0.25, 0.3) is 11.1 Å². The summed E-state index contributed by atoms with van der Waals surface area (Å²) in [5.74, 6) is -0.529. The number of nitrogens with zero attached hydrogens (tertiary/aromatic N) is 2. The summed E-state index contributed by atoms with van der Waals surface area (Å²) in [4.78, 5) is 27.2. The number of nitrogens with one attached hydrogen (secondary N) is 1. The molecule has 0 saturated carbocycles. The maximum atomic E-state index is 12.8. The number of carbonyl (C=O) groups is 1. The van der Waals surface area contributed by atoms with Crippen LogP contribution >= 0.6 is 0 Å². The fourth-order valence-corrected chi connectivity index (χ4v) is 3.78. The van der Waals surface area contributed by atoms with Crippen molar-refractivity contribution in [2.24, 2.45) is 0 Å². The van der Waals surface area contributed by atoms with E-state index in [0.29, 0.717) is 24.3 Å². The zero-order valence-electron chi connectivity index (χ0n) is 17.2. The molecule has 0 spiro atoms. The molecule has 1 N–H and O–H groups in total. The maximum absolute atomic E-state index is 12.8. The summed E-state index contributed by atoms with van der Waals surface area (Å²) in [6.45, 7) is 6.19. The SMILES string of the molecule is Cc1ccc([C@@H](CN2CCOCC2)NC(=O)CCn2c(=O)oc3ccccc32)cc1. The van der Waals surface area contributed by atoms with Crippen molar-refractivity contribution in [2.45, 2.75) is 25.9 Å². The Bertz CT molecular complexity index is 1050. The van der Waals surface area contributed by atoms with Gasteiger partial charge in [0.15, 0.2) is 5.58 Å². The first-order valence-electron chi connectivity index (χ1n) is 10.3. The number of hydrogen-bond donors (Lipinski definition) is 1. The number of hydrogen-bond acceptors (Lipinski definition) is 5. The van der Waals surface area contributed by atoms with Crippen molar-refractivity contribution in [3.8, 4) is 0 Å². The highest BCUT2D eigenvalue weighted by Crippen LogP contribution is 2.17. The van der Waals surface area contributed by atoms with Crippen molar-refractivity contribution in [1.29, 1.82) is 0 Å². The first-order chi connectivity index (χ1) is 14.6. The number of para-hydroxylation sites is 2. The van der Waals surface area contributed by atoms with E-state index >= 15 is 0 Å². The average Bonchev–Trinajstić information content (AvgIpc) is 3.08. The molecule has 2 aromatic carbocycles. The Balaban J connectivity index is 1.44. The largest absolute Gasteiger partial charge is 0.419 e. The molecule has 1 saturated heterocycles. The molecule has 0 radical (unpaired) electrons. The number of ether oxygens (including phenoxy) is 1. The van der Waals surface area contributed by atoms with Crippen LogP contribution in [-0.2, 0) is 16.1 Å². The summed E-state index contributed by atoms with van der Waals surface area (Å²) in [5.41, 5.74) is 3.50. The molecule has 1 aromatic heterocycles. The number of aromatic nitrogens is 1. The van der Waals surface area contributed by atoms with E-state index in [1.807, 2.05) is 25.1 Å². The smallest absolute Gasteiger partial charge is 0.408 e. The first kappa shape index (κ1) is 20.4. The predicted molar refractivity (Wildman–Crippen MR) is 114 cm³/mol. The third-order valence-corrected chi connectivity index (χ3v) is 5.50. The Kier molecular flexibility index (Phi) is 6.30. The lowest BCUT2D eigenvalue weighted by atomic mass is 10.0. The number of oxazole rings is 1. The van der Waals surface area contributed by atoms with Crippen molar-refractivity contribution >= 4 is 17.0 Å². The van der Waals surface area contributed by atoms with Crippen LogP contribution in [0.4, 0.5) is 0 Å². The highest BCUT2D eigenvalue weighted by Gasteiger charge is 2.20. The van der Waals surface area contributed by atoms with Crippen molar-refractivity contribution in [3.63, 3.8) is 0 Å². The zero-order chi connectivity index (χ0) is 20.9. The Hall–Kier alpha value is -2.90. The van der Waals surface area contributed by atoms with Gasteiger partial charge in [0.05, 0.1) is 24.8 Å². The van der Waals surface area contributed by atoms with Gasteiger partial charge in [-0.05, 0) is 24.6 Å². The van der Waals surface area contributed by atoms with Gasteiger partial charge in [-0.3, -0.25) is 14.3 Å². The van der Waals surface area contributed by atoms with E-state index in [1.54, 1.807) is 6.07 Å². The Morgan fingerprint density at radius 3 is 2.60 bits per heavy atom. The van der Waals surface area contributed by atoms with Gasteiger partial charge in [-0.2, -0.15) is 0 Å². The molecular weight excluding hydrogens is 382 g/mol. The molecule has 1 fully saturated rings. The molecule has 0 aliphatic carbocycles. The minimum Gasteiger partial charge on any atom is -0.408 e. The van der Waals surface area contributed by atoms with Crippen molar-refractivity contribution in [3.05, 3.63) is 70.2 Å². The molecule has 4 rings (SSSR count). The van der Waals surface area contributed by atoms with Crippen molar-refractivity contribution < 1.29 is 13.9 Å². The highest BCUT2D eigenvalue weighted by molar-refractivity contribution is 5.77. The van der Waals surface area contributed by atoms with Crippen LogP contribution in [0, 0.1) is 6.92 Å². The van der Waals surface area contributed by atoms with Gasteiger partial charge in [0.1, 0.15) is 0 Å². The predicted octanol–water partition coefficient (Wildman–Crippen LogP) is 2.48. The molecule has 7 heteroatoms. The average molecular weight is 409 g/mol. The molecule has 1 aliphatic rings. The molecule has 158 valence electrons. The zero-order valence-corrected chi connectivity index (χ0v) is 17.2. The van der Waals surface area contributed by atoms with E-state index < -0.39 is 5.76 Å². The molecule has 1 aliphatic heterocycles. The Labute approximate surface area is 175 Å². The second-order valence-electron chi connectivity index (χ2n) is 7.68. The Morgan fingerprint density at radius 1 is 1.10 bits per heavy atom. The lowest BCUT2D eigenvalue weighted by molar-refractivity contribution is -0.122. The number of aryl methyl sites for hydroxylation is 2. The highest BCUT2D eigenvalue weighted by atomic mass is 16.5. The Morgan fingerprint density at radius 2 is 1.83 bits per heavy atom. The molecule has 0 unspecified atom stereocenters. The lowest BCUT2D eigenvalue weighted by Crippen LogP contribution is -2.43. The topological polar surface area (TPSA) is 76.7 Å². The van der Waals surface area contributed by atoms with Crippen molar-refractivity contribution in [2.75, 3.05) is 32.8 Å². The van der Waals surface area contributed by atoms with E-state index in [1.165, 1.54) is 10.1 Å². The van der Waals surface area contributed by atoms with Gasteiger partial charge in [-0.15, -0.1) is 0 Å². The number of morpholine rings is 1. The van der Waals surface area contributed by atoms with E-state index in [-0.39, 0.29) is 24.9 Å². The van der Waals surface area contributed by atoms with Gasteiger partial charge >= 0.3 is 5.76 Å². The number of rotatable bonds is 7. The standard InChI is InChI=1S/C23H27N3O4/c1-17-6-8-18(9-7-17)19(16-25-12-14-29-15-13-25)24-22(27)10-11-26-20-4-2-3-5-21(20)30-23(26)28/h2-9,19H,10-16H2,1H3,(H,24,27)/t19-/m1/s1. The molecular formula is C23H27N3O4. The second kappa shape index (κ2) is 9.28. The third-order valence-electron chi connectivity index (χ3n) is 5.50. The van der Waals surface area contributed by atoms with Crippen LogP contribution in [0.1, 0.15) is 23.6 Å². The number of fused-ring (bicyclic) bond motifs is 1. The minimum absolute atomic E-state index is 0.0917. The first-order valence-corrected chi connectivity index (χ1v) is 10.3. The third kappa shape index (κ3) is 4.80. The van der Waals surface area contributed by atoms with Crippen LogP contribution in [0.5, 0.6) is 0 Å². The van der Waals surface area contributed by atoms with Crippen LogP contribution in [0.15, 0.2) is 57.7 Å². The van der Waals surface area contributed by atoms with Gasteiger partial charge < -0.3 is 14.5 Å². The summed E-state index contributed by atoms with van der Waals surface area (Å²) in [5, 5.41) is 3.16. The van der Waals surface area contributed by atoms with E-state index in [2.05, 4.69) is 34.5 Å². The number of benzene rings is 2. The van der Waals surface area contributed by atoms with Gasteiger partial charge in [-0.25, -0.2) is 4.79 Å². The molecule has 1 atom stereocenters. The summed E-state index contributed by atoms with van der Waals surface area (Å²) in [6.07, 6.45) is 0.203. The fraction of sp³-hybridized carbons (Fsp3) is 0.391. The summed E-state index contributed by atoms with van der Waals surface area (Å²) in [6, 6.07) is 15.4. The molecule has 30 heavy (non-hydrogen) atoms. The quantitative estimate of drug-likeness (QED) is 0.649. The number of carbonyl (C=O) groups excluding carboxylic acids is 1. The maximum Gasteiger partial charge on any atom is 0.419 e. The normalized spacial score (nSPS) is 15.9. The van der Waals surface area contributed by atoms with Gasteiger partial charge in [0, 0.05) is 32.6 Å². The molecule has 1 amide bonds. The summed E-state index contributed by atoms with van der Waals surface area (Å²) < 4.78 is 12.2. The van der Waals surface area contributed by atoms with Crippen LogP contribution in [0.3, 0.4) is 0 Å². The van der Waals surface area contributed by atoms with E-state index in [4.69, 9.17) is 9.15 Å². The van der Waals surface area contributed by atoms with Crippen LogP contribution in [-0.4, -0.2) is 48.2 Å². The molecule has 2 heterocycles. The van der Waals surface area contributed by atoms with Crippen LogP contribution < -0.4 is 11.1 Å². The minimum atomic E-state index is -0.438.